The zero-order valence-electron chi connectivity index (χ0n) is 15.5. The van der Waals surface area contributed by atoms with Crippen molar-refractivity contribution in [1.29, 1.82) is 0 Å². The summed E-state index contributed by atoms with van der Waals surface area (Å²) in [5.74, 6) is -0.975. The van der Waals surface area contributed by atoms with Crippen LogP contribution in [0.25, 0.3) is 0 Å². The molecule has 1 spiro atoms. The lowest BCUT2D eigenvalue weighted by atomic mass is 9.76. The molecule has 27 heavy (non-hydrogen) atoms. The van der Waals surface area contributed by atoms with E-state index < -0.39 is 17.4 Å². The summed E-state index contributed by atoms with van der Waals surface area (Å²) in [6, 6.07) is 7.34. The molecule has 1 N–H and O–H groups in total. The van der Waals surface area contributed by atoms with Crippen molar-refractivity contribution in [2.24, 2.45) is 11.8 Å². The van der Waals surface area contributed by atoms with Crippen LogP contribution in [0.3, 0.4) is 0 Å². The topological polar surface area (TPSA) is 69.7 Å². The normalized spacial score (nSPS) is 31.8. The van der Waals surface area contributed by atoms with Gasteiger partial charge in [0.25, 0.3) is 5.91 Å². The van der Waals surface area contributed by atoms with Crippen molar-refractivity contribution in [2.75, 3.05) is 30.5 Å². The third-order valence-corrected chi connectivity index (χ3v) is 6.68. The molecule has 4 atom stereocenters. The van der Waals surface area contributed by atoms with Crippen LogP contribution in [0.15, 0.2) is 36.9 Å². The van der Waals surface area contributed by atoms with Crippen LogP contribution in [0.2, 0.25) is 0 Å². The van der Waals surface area contributed by atoms with E-state index in [1.54, 1.807) is 22.7 Å². The Morgan fingerprint density at radius 3 is 2.70 bits per heavy atom. The number of hydrogen-bond acceptors (Lipinski definition) is 5. The molecule has 4 rings (SSSR count). The maximum absolute atomic E-state index is 13.6. The van der Waals surface area contributed by atoms with Gasteiger partial charge < -0.3 is 4.90 Å². The number of benzene rings is 1. The van der Waals surface area contributed by atoms with E-state index >= 15 is 0 Å². The van der Waals surface area contributed by atoms with E-state index in [0.717, 1.165) is 23.4 Å². The maximum Gasteiger partial charge on any atom is 0.253 e. The highest BCUT2D eigenvalue weighted by Gasteiger charge is 2.70. The number of carbonyl (C=O) groups excluding carboxylic acids is 3. The number of thioether (sulfide) groups is 1. The minimum atomic E-state index is -1.18. The largest absolute Gasteiger partial charge is 0.306 e. The second-order valence-corrected chi connectivity index (χ2v) is 8.29. The Labute approximate surface area is 163 Å². The molecule has 3 amide bonds. The van der Waals surface area contributed by atoms with Crippen molar-refractivity contribution in [3.63, 3.8) is 0 Å². The summed E-state index contributed by atoms with van der Waals surface area (Å²) >= 11 is 1.69. The highest BCUT2D eigenvalue weighted by Crippen LogP contribution is 2.54. The van der Waals surface area contributed by atoms with Crippen molar-refractivity contribution < 1.29 is 14.4 Å². The highest BCUT2D eigenvalue weighted by atomic mass is 32.2. The number of nitrogens with zero attached hydrogens (tertiary/aromatic N) is 2. The zero-order chi connectivity index (χ0) is 19.3. The second-order valence-electron chi connectivity index (χ2n) is 7.30. The number of rotatable bonds is 5. The molecule has 2 saturated heterocycles. The molecule has 0 radical (unpaired) electrons. The number of anilines is 1. The third kappa shape index (κ3) is 2.28. The fraction of sp³-hybridized carbons (Fsp3) is 0.450. The number of imide groups is 1. The number of para-hydroxylation sites is 1. The van der Waals surface area contributed by atoms with Gasteiger partial charge in [0.1, 0.15) is 5.54 Å². The van der Waals surface area contributed by atoms with Gasteiger partial charge in [0.2, 0.25) is 11.8 Å². The molecule has 3 aliphatic heterocycles. The van der Waals surface area contributed by atoms with Gasteiger partial charge in [0.15, 0.2) is 0 Å². The monoisotopic (exact) mass is 385 g/mol. The van der Waals surface area contributed by atoms with Crippen LogP contribution in [0.5, 0.6) is 0 Å². The Morgan fingerprint density at radius 1 is 1.26 bits per heavy atom. The lowest BCUT2D eigenvalue weighted by Gasteiger charge is -2.30. The summed E-state index contributed by atoms with van der Waals surface area (Å²) in [4.78, 5) is 42.4. The summed E-state index contributed by atoms with van der Waals surface area (Å²) in [5, 5.41) is 3.47. The number of likely N-dealkylation sites (tertiary alicyclic amines) is 1. The second kappa shape index (κ2) is 6.49. The van der Waals surface area contributed by atoms with E-state index in [4.69, 9.17) is 0 Å². The minimum Gasteiger partial charge on any atom is -0.306 e. The summed E-state index contributed by atoms with van der Waals surface area (Å²) in [7, 11) is 1.52. The Bertz CT molecular complexity index is 842. The SMILES string of the molecule is C=CCN1C(=O)[C@@]2(N[C@@H](CCSC)[C@@H]3C(=O)N(C)C(=O)[C@H]32)c2ccccc21. The molecular formula is C20H23N3O3S. The van der Waals surface area contributed by atoms with E-state index in [-0.39, 0.29) is 23.8 Å². The standard InChI is InChI=1S/C20H23N3O3S/c1-4-10-23-14-8-6-5-7-12(14)20(19(23)26)16-15(13(21-20)9-11-27-3)17(24)22(2)18(16)25/h4-8,13,15-16,21H,1,9-11H2,2-3H3/t13-,15-,16-,20+/m0/s1. The number of fused-ring (bicyclic) bond motifs is 4. The quantitative estimate of drug-likeness (QED) is 0.612. The van der Waals surface area contributed by atoms with Crippen LogP contribution < -0.4 is 10.2 Å². The molecule has 0 unspecified atom stereocenters. The molecule has 3 heterocycles. The van der Waals surface area contributed by atoms with Crippen LogP contribution in [0.4, 0.5) is 5.69 Å². The highest BCUT2D eigenvalue weighted by molar-refractivity contribution is 7.98. The lowest BCUT2D eigenvalue weighted by molar-refractivity contribution is -0.141. The smallest absolute Gasteiger partial charge is 0.253 e. The first-order valence-corrected chi connectivity index (χ1v) is 10.5. The van der Waals surface area contributed by atoms with E-state index in [0.29, 0.717) is 6.54 Å². The fourth-order valence-electron chi connectivity index (χ4n) is 4.89. The van der Waals surface area contributed by atoms with Gasteiger partial charge in [-0.3, -0.25) is 24.6 Å². The molecule has 0 aromatic heterocycles. The Hall–Kier alpha value is -2.12. The van der Waals surface area contributed by atoms with Gasteiger partial charge >= 0.3 is 0 Å². The first-order chi connectivity index (χ1) is 13.0. The van der Waals surface area contributed by atoms with Crippen molar-refractivity contribution in [3.8, 4) is 0 Å². The summed E-state index contributed by atoms with van der Waals surface area (Å²) in [6.45, 7) is 4.13. The number of carbonyl (C=O) groups is 3. The molecule has 1 aromatic rings. The summed E-state index contributed by atoms with van der Waals surface area (Å²) in [6.07, 6.45) is 4.42. The van der Waals surface area contributed by atoms with Crippen molar-refractivity contribution in [2.45, 2.75) is 18.0 Å². The molecule has 3 aliphatic rings. The Kier molecular flexibility index (Phi) is 4.39. The molecule has 142 valence electrons. The summed E-state index contributed by atoms with van der Waals surface area (Å²) < 4.78 is 0. The average Bonchev–Trinajstić information content (AvgIpc) is 3.22. The average molecular weight is 385 g/mol. The van der Waals surface area contributed by atoms with Crippen molar-refractivity contribution in [1.82, 2.24) is 10.2 Å². The van der Waals surface area contributed by atoms with Crippen LogP contribution in [-0.2, 0) is 19.9 Å². The maximum atomic E-state index is 13.6. The van der Waals surface area contributed by atoms with E-state index in [2.05, 4.69) is 11.9 Å². The van der Waals surface area contributed by atoms with Crippen LogP contribution in [0.1, 0.15) is 12.0 Å². The van der Waals surface area contributed by atoms with Gasteiger partial charge in [-0.25, -0.2) is 0 Å². The predicted molar refractivity (Wildman–Crippen MR) is 105 cm³/mol. The summed E-state index contributed by atoms with van der Waals surface area (Å²) in [5.41, 5.74) is 0.397. The number of amides is 3. The van der Waals surface area contributed by atoms with Crippen LogP contribution in [0, 0.1) is 11.8 Å². The number of nitrogens with one attached hydrogen (secondary N) is 1. The first kappa shape index (κ1) is 18.3. The fourth-order valence-corrected chi connectivity index (χ4v) is 5.38. The molecule has 1 aromatic carbocycles. The number of hydrogen-bond donors (Lipinski definition) is 1. The molecule has 0 saturated carbocycles. The molecule has 0 bridgehead atoms. The third-order valence-electron chi connectivity index (χ3n) is 6.03. The van der Waals surface area contributed by atoms with Crippen molar-refractivity contribution in [3.05, 3.63) is 42.5 Å². The van der Waals surface area contributed by atoms with Gasteiger partial charge in [0, 0.05) is 30.9 Å². The van der Waals surface area contributed by atoms with Gasteiger partial charge in [-0.1, -0.05) is 24.3 Å². The molecule has 7 heteroatoms. The molecule has 0 aliphatic carbocycles. The van der Waals surface area contributed by atoms with Crippen molar-refractivity contribution >= 4 is 35.2 Å². The molecule has 6 nitrogen and oxygen atoms in total. The lowest BCUT2D eigenvalue weighted by Crippen LogP contribution is -2.55. The zero-order valence-corrected chi connectivity index (χ0v) is 16.3. The minimum absolute atomic E-state index is 0.165. The Balaban J connectivity index is 1.88. The molecular weight excluding hydrogens is 362 g/mol. The van der Waals surface area contributed by atoms with E-state index in [1.165, 1.54) is 11.9 Å². The Morgan fingerprint density at radius 2 is 2.00 bits per heavy atom. The van der Waals surface area contributed by atoms with Gasteiger partial charge in [-0.2, -0.15) is 11.8 Å². The van der Waals surface area contributed by atoms with Gasteiger partial charge in [0.05, 0.1) is 11.8 Å². The van der Waals surface area contributed by atoms with E-state index in [1.807, 2.05) is 30.5 Å². The molecule has 2 fully saturated rings. The van der Waals surface area contributed by atoms with Gasteiger partial charge in [-0.15, -0.1) is 6.58 Å². The predicted octanol–water partition coefficient (Wildman–Crippen LogP) is 1.37. The van der Waals surface area contributed by atoms with Crippen LogP contribution >= 0.6 is 11.8 Å². The van der Waals surface area contributed by atoms with Gasteiger partial charge in [-0.05, 0) is 24.5 Å². The first-order valence-electron chi connectivity index (χ1n) is 9.09. The van der Waals surface area contributed by atoms with E-state index in [9.17, 15) is 14.4 Å². The van der Waals surface area contributed by atoms with Crippen LogP contribution in [-0.4, -0.2) is 54.3 Å².